The number of thioether (sulfide) groups is 1. The Labute approximate surface area is 217 Å². The Morgan fingerprint density at radius 3 is 2.41 bits per heavy atom. The Balaban J connectivity index is 1.51. The number of hydrazone groups is 1. The fourth-order valence-corrected chi connectivity index (χ4v) is 4.21. The fourth-order valence-electron chi connectivity index (χ4n) is 3.46. The number of phenols is 1. The third-order valence-electron chi connectivity index (χ3n) is 5.23. The van der Waals surface area contributed by atoms with Crippen LogP contribution in [-0.4, -0.2) is 59.1 Å². The Morgan fingerprint density at radius 2 is 1.70 bits per heavy atom. The van der Waals surface area contributed by atoms with Gasteiger partial charge in [0.25, 0.3) is 5.91 Å². The maximum atomic E-state index is 12.4. The molecule has 3 aromatic carbocycles. The number of phenolic OH excluding ortho intramolecular Hbond substituents is 1. The Hall–Kier alpha value is -4.51. The van der Waals surface area contributed by atoms with Crippen LogP contribution in [0.2, 0.25) is 0 Å². The molecule has 0 spiro atoms. The molecule has 190 valence electrons. The monoisotopic (exact) mass is 519 g/mol. The van der Waals surface area contributed by atoms with E-state index in [9.17, 15) is 9.90 Å². The van der Waals surface area contributed by atoms with Gasteiger partial charge in [0.2, 0.25) is 0 Å². The van der Waals surface area contributed by atoms with Crippen molar-refractivity contribution in [3.63, 3.8) is 0 Å². The van der Waals surface area contributed by atoms with Crippen LogP contribution >= 0.6 is 11.8 Å². The molecule has 4 rings (SSSR count). The summed E-state index contributed by atoms with van der Waals surface area (Å²) in [4.78, 5) is 12.4. The summed E-state index contributed by atoms with van der Waals surface area (Å²) >= 11 is 1.23. The predicted octanol–water partition coefficient (Wildman–Crippen LogP) is 3.91. The van der Waals surface area contributed by atoms with E-state index in [4.69, 9.17) is 14.2 Å². The maximum absolute atomic E-state index is 12.4. The molecule has 4 aromatic rings. The summed E-state index contributed by atoms with van der Waals surface area (Å²) in [6, 6.07) is 19.9. The molecule has 0 aliphatic rings. The number of methoxy groups -OCH3 is 3. The summed E-state index contributed by atoms with van der Waals surface area (Å²) in [5, 5.41) is 23.1. The van der Waals surface area contributed by atoms with Crippen molar-refractivity contribution in [2.45, 2.75) is 5.16 Å². The maximum Gasteiger partial charge on any atom is 0.250 e. The van der Waals surface area contributed by atoms with Crippen LogP contribution in [0.15, 0.2) is 77.0 Å². The number of para-hydroxylation sites is 1. The van der Waals surface area contributed by atoms with Crippen LogP contribution in [0, 0.1) is 0 Å². The first-order valence-corrected chi connectivity index (χ1v) is 12.1. The minimum atomic E-state index is -0.325. The van der Waals surface area contributed by atoms with Crippen LogP contribution in [0.1, 0.15) is 5.56 Å². The summed E-state index contributed by atoms with van der Waals surface area (Å²) < 4.78 is 17.7. The molecule has 0 aliphatic carbocycles. The average Bonchev–Trinajstić information content (AvgIpc) is 3.36. The number of nitrogens with one attached hydrogen (secondary N) is 1. The van der Waals surface area contributed by atoms with Crippen molar-refractivity contribution in [3.8, 4) is 40.1 Å². The molecule has 11 heteroatoms. The van der Waals surface area contributed by atoms with Crippen LogP contribution in [0.5, 0.6) is 23.0 Å². The number of hydrogen-bond donors (Lipinski definition) is 2. The number of carbonyl (C=O) groups excluding carboxylic acids is 1. The highest BCUT2D eigenvalue weighted by Crippen LogP contribution is 2.34. The Kier molecular flexibility index (Phi) is 8.26. The smallest absolute Gasteiger partial charge is 0.250 e. The first-order valence-electron chi connectivity index (χ1n) is 11.1. The molecule has 0 fully saturated rings. The van der Waals surface area contributed by atoms with Crippen LogP contribution in [0.25, 0.3) is 17.1 Å². The third-order valence-corrected chi connectivity index (χ3v) is 6.16. The molecule has 0 atom stereocenters. The number of amides is 1. The molecule has 0 saturated heterocycles. The van der Waals surface area contributed by atoms with Gasteiger partial charge in [0.05, 0.1) is 33.3 Å². The normalized spacial score (nSPS) is 10.9. The lowest BCUT2D eigenvalue weighted by molar-refractivity contribution is -0.118. The van der Waals surface area contributed by atoms with Crippen LogP contribution in [0.3, 0.4) is 0 Å². The second kappa shape index (κ2) is 12.0. The van der Waals surface area contributed by atoms with E-state index in [1.807, 2.05) is 47.0 Å². The SMILES string of the molecule is COc1ccc(/C=N\NC(=O)CSc2nnc(-c3ccc(OC)c(OC)c3)n2-c2ccccc2)cc1O. The molecule has 10 nitrogen and oxygen atoms in total. The number of carbonyl (C=O) groups is 1. The molecule has 2 N–H and O–H groups in total. The van der Waals surface area contributed by atoms with E-state index in [1.165, 1.54) is 31.2 Å². The van der Waals surface area contributed by atoms with Gasteiger partial charge in [-0.05, 0) is 54.1 Å². The van der Waals surface area contributed by atoms with Crippen LogP contribution < -0.4 is 19.6 Å². The third kappa shape index (κ3) is 6.01. The van der Waals surface area contributed by atoms with Gasteiger partial charge in [0.15, 0.2) is 34.0 Å². The van der Waals surface area contributed by atoms with Gasteiger partial charge >= 0.3 is 0 Å². The highest BCUT2D eigenvalue weighted by Gasteiger charge is 2.18. The number of aromatic hydroxyl groups is 1. The number of nitrogens with zero attached hydrogens (tertiary/aromatic N) is 4. The van der Waals surface area contributed by atoms with Crippen LogP contribution in [0.4, 0.5) is 0 Å². The molecule has 1 heterocycles. The Morgan fingerprint density at radius 1 is 0.973 bits per heavy atom. The summed E-state index contributed by atoms with van der Waals surface area (Å²) in [5.41, 5.74) is 4.71. The lowest BCUT2D eigenvalue weighted by Crippen LogP contribution is -2.20. The van der Waals surface area contributed by atoms with Gasteiger partial charge in [-0.2, -0.15) is 5.10 Å². The zero-order valence-electron chi connectivity index (χ0n) is 20.4. The molecule has 0 aliphatic heterocycles. The molecule has 1 amide bonds. The Bertz CT molecular complexity index is 1410. The van der Waals surface area contributed by atoms with Gasteiger partial charge in [0.1, 0.15) is 0 Å². The number of ether oxygens (including phenoxy) is 3. The summed E-state index contributed by atoms with van der Waals surface area (Å²) in [6.07, 6.45) is 1.43. The van der Waals surface area contributed by atoms with Crippen molar-refractivity contribution in [2.75, 3.05) is 27.1 Å². The second-order valence-electron chi connectivity index (χ2n) is 7.56. The number of hydrogen-bond acceptors (Lipinski definition) is 9. The van der Waals surface area contributed by atoms with Gasteiger partial charge in [0, 0.05) is 11.3 Å². The van der Waals surface area contributed by atoms with E-state index in [0.29, 0.717) is 33.8 Å². The molecule has 0 saturated carbocycles. The molecule has 0 radical (unpaired) electrons. The van der Waals surface area contributed by atoms with E-state index >= 15 is 0 Å². The first-order chi connectivity index (χ1) is 18.0. The summed E-state index contributed by atoms with van der Waals surface area (Å²) in [7, 11) is 4.62. The lowest BCUT2D eigenvalue weighted by atomic mass is 10.2. The fraction of sp³-hybridized carbons (Fsp3) is 0.154. The van der Waals surface area contributed by atoms with Gasteiger partial charge in [-0.3, -0.25) is 9.36 Å². The van der Waals surface area contributed by atoms with Gasteiger partial charge in [-0.25, -0.2) is 5.43 Å². The van der Waals surface area contributed by atoms with Crippen molar-refractivity contribution < 1.29 is 24.1 Å². The van der Waals surface area contributed by atoms with Crippen molar-refractivity contribution in [1.82, 2.24) is 20.2 Å². The molecule has 0 bridgehead atoms. The first kappa shape index (κ1) is 25.6. The van der Waals surface area contributed by atoms with E-state index < -0.39 is 0 Å². The van der Waals surface area contributed by atoms with Gasteiger partial charge in [-0.15, -0.1) is 10.2 Å². The molecule has 1 aromatic heterocycles. The minimum Gasteiger partial charge on any atom is -0.504 e. The van der Waals surface area contributed by atoms with Crippen LogP contribution in [-0.2, 0) is 4.79 Å². The zero-order chi connectivity index (χ0) is 26.2. The minimum absolute atomic E-state index is 0.0149. The largest absolute Gasteiger partial charge is 0.504 e. The lowest BCUT2D eigenvalue weighted by Gasteiger charge is -2.12. The number of aromatic nitrogens is 3. The van der Waals surface area contributed by atoms with Crippen molar-refractivity contribution in [2.24, 2.45) is 5.10 Å². The second-order valence-corrected chi connectivity index (χ2v) is 8.50. The molecule has 37 heavy (non-hydrogen) atoms. The van der Waals surface area contributed by atoms with Crippen molar-refractivity contribution >= 4 is 23.9 Å². The van der Waals surface area contributed by atoms with E-state index in [-0.39, 0.29) is 17.4 Å². The standard InChI is InChI=1S/C26H25N5O5S/c1-34-21-11-9-17(13-20(21)32)15-27-28-24(33)16-37-26-30-29-25(31(26)19-7-5-4-6-8-19)18-10-12-22(35-2)23(14-18)36-3/h4-15,32H,16H2,1-3H3,(H,28,33)/b27-15-. The quantitative estimate of drug-likeness (QED) is 0.184. The number of rotatable bonds is 10. The highest BCUT2D eigenvalue weighted by atomic mass is 32.2. The summed E-state index contributed by atoms with van der Waals surface area (Å²) in [5.74, 6) is 1.84. The van der Waals surface area contributed by atoms with Crippen molar-refractivity contribution in [1.29, 1.82) is 0 Å². The predicted molar refractivity (Wildman–Crippen MR) is 141 cm³/mol. The van der Waals surface area contributed by atoms with E-state index in [2.05, 4.69) is 20.7 Å². The molecule has 0 unspecified atom stereocenters. The average molecular weight is 520 g/mol. The molecular weight excluding hydrogens is 494 g/mol. The molecular formula is C26H25N5O5S. The van der Waals surface area contributed by atoms with E-state index in [1.54, 1.807) is 32.4 Å². The van der Waals surface area contributed by atoms with Crippen molar-refractivity contribution in [3.05, 3.63) is 72.3 Å². The summed E-state index contributed by atoms with van der Waals surface area (Å²) in [6.45, 7) is 0. The highest BCUT2D eigenvalue weighted by molar-refractivity contribution is 7.99. The van der Waals surface area contributed by atoms with Gasteiger partial charge in [-0.1, -0.05) is 30.0 Å². The zero-order valence-corrected chi connectivity index (χ0v) is 21.2. The number of benzene rings is 3. The topological polar surface area (TPSA) is 120 Å². The van der Waals surface area contributed by atoms with Gasteiger partial charge < -0.3 is 19.3 Å². The van der Waals surface area contributed by atoms with E-state index in [0.717, 1.165) is 11.3 Å².